The van der Waals surface area contributed by atoms with Gasteiger partial charge in [0.05, 0.1) is 5.71 Å². The predicted octanol–water partition coefficient (Wildman–Crippen LogP) is 1.77. The molecule has 15 heavy (non-hydrogen) atoms. The van der Waals surface area contributed by atoms with Crippen LogP contribution in [0.5, 0.6) is 0 Å². The summed E-state index contributed by atoms with van der Waals surface area (Å²) in [6.07, 6.45) is 5.77. The second-order valence-corrected chi connectivity index (χ2v) is 4.72. The molecule has 0 radical (unpaired) electrons. The van der Waals surface area contributed by atoms with Crippen molar-refractivity contribution in [1.82, 2.24) is 0 Å². The average Bonchev–Trinajstić information content (AvgIpc) is 2.12. The van der Waals surface area contributed by atoms with Crippen LogP contribution in [0.25, 0.3) is 0 Å². The Bertz CT molecular complexity index is 319. The Morgan fingerprint density at radius 1 is 1.33 bits per heavy atom. The van der Waals surface area contributed by atoms with Gasteiger partial charge >= 0.3 is 0 Å². The van der Waals surface area contributed by atoms with Crippen LogP contribution in [-0.2, 0) is 0 Å². The molecule has 0 saturated carbocycles. The number of allylic oxidation sites excluding steroid dienone is 2. The molecule has 0 amide bonds. The fourth-order valence-electron chi connectivity index (χ4n) is 1.83. The highest BCUT2D eigenvalue weighted by Gasteiger charge is 2.21. The molecule has 1 rings (SSSR count). The van der Waals surface area contributed by atoms with E-state index >= 15 is 0 Å². The molecule has 1 aliphatic carbocycles. The van der Waals surface area contributed by atoms with Gasteiger partial charge in [0, 0.05) is 0 Å². The van der Waals surface area contributed by atoms with Gasteiger partial charge in [0.2, 0.25) is 5.96 Å². The number of hydrogen-bond acceptors (Lipinski definition) is 2. The summed E-state index contributed by atoms with van der Waals surface area (Å²) in [7, 11) is 0. The van der Waals surface area contributed by atoms with Crippen molar-refractivity contribution in [2.45, 2.75) is 40.0 Å². The van der Waals surface area contributed by atoms with Gasteiger partial charge in [-0.05, 0) is 37.2 Å². The summed E-state index contributed by atoms with van der Waals surface area (Å²) < 4.78 is 0. The Morgan fingerprint density at radius 3 is 2.53 bits per heavy atom. The summed E-state index contributed by atoms with van der Waals surface area (Å²) in [5.74, 6) is 0.00465. The van der Waals surface area contributed by atoms with Gasteiger partial charge in [-0.3, -0.25) is 0 Å². The summed E-state index contributed by atoms with van der Waals surface area (Å²) in [6, 6.07) is 0. The lowest BCUT2D eigenvalue weighted by molar-refractivity contribution is 0.401. The molecule has 84 valence electrons. The summed E-state index contributed by atoms with van der Waals surface area (Å²) >= 11 is 0. The van der Waals surface area contributed by atoms with E-state index in [4.69, 9.17) is 11.5 Å². The van der Waals surface area contributed by atoms with E-state index in [1.54, 1.807) is 0 Å². The molecule has 4 nitrogen and oxygen atoms in total. The van der Waals surface area contributed by atoms with Crippen molar-refractivity contribution in [2.24, 2.45) is 27.1 Å². The van der Waals surface area contributed by atoms with Crippen LogP contribution in [0.4, 0.5) is 0 Å². The average molecular weight is 208 g/mol. The lowest BCUT2D eigenvalue weighted by atomic mass is 9.79. The largest absolute Gasteiger partial charge is 0.369 e. The maximum atomic E-state index is 5.22. The number of rotatable bonds is 2. The Labute approximate surface area is 91.1 Å². The van der Waals surface area contributed by atoms with E-state index in [0.29, 0.717) is 0 Å². The fourth-order valence-corrected chi connectivity index (χ4v) is 1.83. The topological polar surface area (TPSA) is 76.8 Å². The van der Waals surface area contributed by atoms with Gasteiger partial charge < -0.3 is 11.5 Å². The quantitative estimate of drug-likeness (QED) is 0.412. The van der Waals surface area contributed by atoms with Crippen LogP contribution in [0.2, 0.25) is 0 Å². The van der Waals surface area contributed by atoms with Crippen LogP contribution in [0.3, 0.4) is 0 Å². The first-order valence-electron chi connectivity index (χ1n) is 5.26. The van der Waals surface area contributed by atoms with E-state index < -0.39 is 0 Å². The molecule has 4 heteroatoms. The molecule has 0 spiro atoms. The molecule has 0 unspecified atom stereocenters. The summed E-state index contributed by atoms with van der Waals surface area (Å²) in [4.78, 5) is 0. The Hall–Kier alpha value is -1.32. The van der Waals surface area contributed by atoms with E-state index in [2.05, 4.69) is 30.1 Å². The van der Waals surface area contributed by atoms with E-state index in [-0.39, 0.29) is 11.4 Å². The van der Waals surface area contributed by atoms with Crippen molar-refractivity contribution in [1.29, 1.82) is 0 Å². The fraction of sp³-hybridized carbons (Fsp3) is 0.636. The first-order chi connectivity index (χ1) is 6.91. The third kappa shape index (κ3) is 3.73. The van der Waals surface area contributed by atoms with E-state index in [1.807, 2.05) is 6.92 Å². The molecule has 1 aliphatic rings. The zero-order chi connectivity index (χ0) is 11.5. The Balaban J connectivity index is 2.84. The normalized spacial score (nSPS) is 20.7. The number of nitrogens with zero attached hydrogens (tertiary/aromatic N) is 2. The van der Waals surface area contributed by atoms with E-state index in [0.717, 1.165) is 12.1 Å². The van der Waals surface area contributed by atoms with Crippen molar-refractivity contribution in [3.8, 4) is 0 Å². The van der Waals surface area contributed by atoms with Crippen LogP contribution in [0, 0.1) is 5.41 Å². The zero-order valence-electron chi connectivity index (χ0n) is 9.75. The number of hydrogen-bond donors (Lipinski definition) is 2. The summed E-state index contributed by atoms with van der Waals surface area (Å²) in [5, 5.41) is 7.67. The lowest BCUT2D eigenvalue weighted by Gasteiger charge is -2.27. The Kier molecular flexibility index (Phi) is 3.50. The van der Waals surface area contributed by atoms with Crippen LogP contribution >= 0.6 is 0 Å². The van der Waals surface area contributed by atoms with Gasteiger partial charge in [-0.1, -0.05) is 19.9 Å². The van der Waals surface area contributed by atoms with Crippen LogP contribution < -0.4 is 11.5 Å². The van der Waals surface area contributed by atoms with Gasteiger partial charge in [0.15, 0.2) is 0 Å². The van der Waals surface area contributed by atoms with Crippen molar-refractivity contribution in [2.75, 3.05) is 0 Å². The maximum absolute atomic E-state index is 5.22. The molecular formula is C11H20N4. The maximum Gasteiger partial charge on any atom is 0.211 e. The van der Waals surface area contributed by atoms with Gasteiger partial charge in [-0.2, -0.15) is 5.10 Å². The SMILES string of the molecule is C/C(=N/N=C(N)N)C1=CC(C)(C)CCC1. The van der Waals surface area contributed by atoms with Gasteiger partial charge in [-0.15, -0.1) is 5.10 Å². The van der Waals surface area contributed by atoms with Crippen LogP contribution in [0.15, 0.2) is 21.9 Å². The molecule has 0 aromatic heterocycles. The highest BCUT2D eigenvalue weighted by molar-refractivity contribution is 5.98. The minimum absolute atomic E-state index is 0.00465. The van der Waals surface area contributed by atoms with Crippen molar-refractivity contribution >= 4 is 11.7 Å². The molecule has 0 aromatic carbocycles. The van der Waals surface area contributed by atoms with Crippen molar-refractivity contribution < 1.29 is 0 Å². The molecule has 0 aromatic rings. The van der Waals surface area contributed by atoms with Crippen LogP contribution in [-0.4, -0.2) is 11.7 Å². The van der Waals surface area contributed by atoms with Crippen molar-refractivity contribution in [3.05, 3.63) is 11.6 Å². The lowest BCUT2D eigenvalue weighted by Crippen LogP contribution is -2.22. The molecule has 0 fully saturated rings. The molecule has 4 N–H and O–H groups in total. The van der Waals surface area contributed by atoms with Gasteiger partial charge in [0.1, 0.15) is 0 Å². The molecule has 0 atom stereocenters. The molecular weight excluding hydrogens is 188 g/mol. The number of guanidine groups is 1. The first kappa shape index (κ1) is 11.8. The second kappa shape index (κ2) is 4.47. The molecule has 0 bridgehead atoms. The standard InChI is InChI=1S/C11H20N4/c1-8(14-15-10(12)13)9-5-4-6-11(2,3)7-9/h7H,4-6H2,1-3H3,(H4,12,13,15)/b14-8-. The summed E-state index contributed by atoms with van der Waals surface area (Å²) in [5.41, 5.74) is 12.9. The Morgan fingerprint density at radius 2 is 2.00 bits per heavy atom. The van der Waals surface area contributed by atoms with E-state index in [9.17, 15) is 0 Å². The smallest absolute Gasteiger partial charge is 0.211 e. The van der Waals surface area contributed by atoms with E-state index in [1.165, 1.54) is 18.4 Å². The first-order valence-corrected chi connectivity index (χ1v) is 5.26. The third-order valence-electron chi connectivity index (χ3n) is 2.61. The zero-order valence-corrected chi connectivity index (χ0v) is 9.75. The van der Waals surface area contributed by atoms with Gasteiger partial charge in [-0.25, -0.2) is 0 Å². The predicted molar refractivity (Wildman–Crippen MR) is 64.6 cm³/mol. The second-order valence-electron chi connectivity index (χ2n) is 4.72. The highest BCUT2D eigenvalue weighted by Crippen LogP contribution is 2.33. The highest BCUT2D eigenvalue weighted by atomic mass is 15.3. The monoisotopic (exact) mass is 208 g/mol. The minimum Gasteiger partial charge on any atom is -0.369 e. The van der Waals surface area contributed by atoms with Crippen molar-refractivity contribution in [3.63, 3.8) is 0 Å². The third-order valence-corrected chi connectivity index (χ3v) is 2.61. The van der Waals surface area contributed by atoms with Crippen LogP contribution in [0.1, 0.15) is 40.0 Å². The molecule has 0 saturated heterocycles. The molecule has 0 aliphatic heterocycles. The molecule has 0 heterocycles. The van der Waals surface area contributed by atoms with Gasteiger partial charge in [0.25, 0.3) is 0 Å². The summed E-state index contributed by atoms with van der Waals surface area (Å²) in [6.45, 7) is 6.42. The minimum atomic E-state index is 0.00465. The number of nitrogens with two attached hydrogens (primary N) is 2.